The standard InChI is InChI=1S/C20H17F4N3.H2/c1-3-20(23,24)19-11-18(27(2)26-19)13-7-9-14(10-8-13)25-12-15-16(21)5-4-6-17(15)22;/h3-11,25H,1,12H2,2H3;1H. The van der Waals surface area contributed by atoms with E-state index in [9.17, 15) is 17.6 Å². The lowest BCUT2D eigenvalue weighted by Crippen LogP contribution is -2.10. The second-order valence-corrected chi connectivity index (χ2v) is 6.00. The topological polar surface area (TPSA) is 29.9 Å². The molecule has 0 aliphatic carbocycles. The van der Waals surface area contributed by atoms with Crippen LogP contribution >= 0.6 is 0 Å². The molecule has 0 saturated heterocycles. The summed E-state index contributed by atoms with van der Waals surface area (Å²) in [6.45, 7) is 3.11. The Kier molecular flexibility index (Phi) is 5.03. The Morgan fingerprint density at radius 3 is 2.37 bits per heavy atom. The minimum absolute atomic E-state index is 0. The Bertz CT molecular complexity index is 948. The number of nitrogens with one attached hydrogen (secondary N) is 1. The minimum atomic E-state index is -3.21. The molecule has 0 aliphatic heterocycles. The molecule has 1 aromatic heterocycles. The molecule has 0 atom stereocenters. The third-order valence-corrected chi connectivity index (χ3v) is 4.19. The van der Waals surface area contributed by atoms with Crippen molar-refractivity contribution in [3.8, 4) is 11.3 Å². The van der Waals surface area contributed by atoms with Crippen LogP contribution in [-0.2, 0) is 19.5 Å². The number of nitrogens with zero attached hydrogens (tertiary/aromatic N) is 2. The van der Waals surface area contributed by atoms with Gasteiger partial charge in [-0.05, 0) is 42.0 Å². The van der Waals surface area contributed by atoms with Gasteiger partial charge in [-0.15, -0.1) is 0 Å². The summed E-state index contributed by atoms with van der Waals surface area (Å²) in [6, 6.07) is 11.8. The van der Waals surface area contributed by atoms with Crippen molar-refractivity contribution < 1.29 is 19.0 Å². The molecule has 142 valence electrons. The Hall–Kier alpha value is -3.09. The molecule has 0 fully saturated rings. The van der Waals surface area contributed by atoms with Crippen molar-refractivity contribution in [1.82, 2.24) is 9.78 Å². The molecule has 0 spiro atoms. The zero-order valence-corrected chi connectivity index (χ0v) is 14.5. The Balaban J connectivity index is 0.00000280. The highest BCUT2D eigenvalue weighted by Gasteiger charge is 2.31. The second kappa shape index (κ2) is 7.26. The van der Waals surface area contributed by atoms with Crippen LogP contribution in [0.3, 0.4) is 0 Å². The van der Waals surface area contributed by atoms with Crippen molar-refractivity contribution in [2.75, 3.05) is 5.32 Å². The first-order valence-corrected chi connectivity index (χ1v) is 8.15. The van der Waals surface area contributed by atoms with Crippen molar-refractivity contribution in [2.24, 2.45) is 7.05 Å². The lowest BCUT2D eigenvalue weighted by molar-refractivity contribution is 0.0470. The van der Waals surface area contributed by atoms with Gasteiger partial charge in [-0.25, -0.2) is 8.78 Å². The summed E-state index contributed by atoms with van der Waals surface area (Å²) in [5, 5.41) is 6.78. The maximum Gasteiger partial charge on any atom is 0.309 e. The van der Waals surface area contributed by atoms with Crippen LogP contribution in [0.1, 0.15) is 12.7 Å². The molecular weight excluding hydrogens is 358 g/mol. The molecule has 0 unspecified atom stereocenters. The maximum atomic E-state index is 13.7. The summed E-state index contributed by atoms with van der Waals surface area (Å²) in [5.74, 6) is -4.45. The van der Waals surface area contributed by atoms with Crippen LogP contribution in [-0.4, -0.2) is 9.78 Å². The predicted molar refractivity (Wildman–Crippen MR) is 98.5 cm³/mol. The van der Waals surface area contributed by atoms with Gasteiger partial charge in [0, 0.05) is 26.3 Å². The van der Waals surface area contributed by atoms with Crippen LogP contribution < -0.4 is 5.32 Å². The van der Waals surface area contributed by atoms with E-state index in [1.54, 1.807) is 31.3 Å². The van der Waals surface area contributed by atoms with Crippen LogP contribution in [0.25, 0.3) is 11.3 Å². The van der Waals surface area contributed by atoms with E-state index in [1.807, 2.05) is 0 Å². The molecule has 3 rings (SSSR count). The number of aromatic nitrogens is 2. The third kappa shape index (κ3) is 3.86. The van der Waals surface area contributed by atoms with E-state index >= 15 is 0 Å². The number of hydrogen-bond acceptors (Lipinski definition) is 2. The molecule has 27 heavy (non-hydrogen) atoms. The SMILES string of the molecule is C=CC(F)(F)c1cc(-c2ccc(NCc3c(F)cccc3F)cc2)n(C)n1.[HH]. The van der Waals surface area contributed by atoms with Gasteiger partial charge in [0.15, 0.2) is 0 Å². The van der Waals surface area contributed by atoms with Crippen LogP contribution in [0.5, 0.6) is 0 Å². The van der Waals surface area contributed by atoms with Gasteiger partial charge in [0.1, 0.15) is 17.3 Å². The monoisotopic (exact) mass is 377 g/mol. The number of alkyl halides is 2. The first-order valence-electron chi connectivity index (χ1n) is 8.15. The Morgan fingerprint density at radius 2 is 1.78 bits per heavy atom. The van der Waals surface area contributed by atoms with Gasteiger partial charge in [0.05, 0.1) is 5.69 Å². The van der Waals surface area contributed by atoms with E-state index in [-0.39, 0.29) is 19.2 Å². The first kappa shape index (κ1) is 18.7. The summed E-state index contributed by atoms with van der Waals surface area (Å²) in [6.07, 6.45) is 0.550. The Morgan fingerprint density at radius 1 is 1.15 bits per heavy atom. The molecule has 0 aliphatic rings. The molecule has 3 nitrogen and oxygen atoms in total. The number of rotatable bonds is 6. The van der Waals surface area contributed by atoms with Crippen molar-refractivity contribution in [3.05, 3.63) is 84.1 Å². The molecule has 1 N–H and O–H groups in total. The quantitative estimate of drug-likeness (QED) is 0.454. The molecule has 1 heterocycles. The Labute approximate surface area is 155 Å². The van der Waals surface area contributed by atoms with Gasteiger partial charge in [-0.2, -0.15) is 13.9 Å². The fourth-order valence-electron chi connectivity index (χ4n) is 2.66. The largest absolute Gasteiger partial charge is 0.381 e. The van der Waals surface area contributed by atoms with E-state index in [2.05, 4.69) is 17.0 Å². The highest BCUT2D eigenvalue weighted by Crippen LogP contribution is 2.31. The van der Waals surface area contributed by atoms with E-state index < -0.39 is 17.6 Å². The summed E-state index contributed by atoms with van der Waals surface area (Å²) in [7, 11) is 1.57. The fraction of sp³-hybridized carbons (Fsp3) is 0.150. The molecule has 0 saturated carbocycles. The van der Waals surface area contributed by atoms with Gasteiger partial charge in [-0.1, -0.05) is 24.8 Å². The number of halogens is 4. The fourth-order valence-corrected chi connectivity index (χ4v) is 2.66. The number of aryl methyl sites for hydroxylation is 1. The van der Waals surface area contributed by atoms with Gasteiger partial charge >= 0.3 is 5.92 Å². The van der Waals surface area contributed by atoms with Gasteiger partial charge < -0.3 is 5.32 Å². The molecule has 3 aromatic rings. The smallest absolute Gasteiger partial charge is 0.309 e. The molecular formula is C20H19F4N3. The van der Waals surface area contributed by atoms with Gasteiger partial charge in [0.2, 0.25) is 0 Å². The van der Waals surface area contributed by atoms with Crippen molar-refractivity contribution in [2.45, 2.75) is 12.5 Å². The van der Waals surface area contributed by atoms with Crippen molar-refractivity contribution in [1.29, 1.82) is 0 Å². The zero-order chi connectivity index (χ0) is 19.6. The van der Waals surface area contributed by atoms with Crippen LogP contribution in [0.2, 0.25) is 0 Å². The average molecular weight is 377 g/mol. The predicted octanol–water partition coefficient (Wildman–Crippen LogP) is 5.50. The minimum Gasteiger partial charge on any atom is -0.381 e. The summed E-state index contributed by atoms with van der Waals surface area (Å²) < 4.78 is 56.1. The number of benzene rings is 2. The molecule has 0 amide bonds. The maximum absolute atomic E-state index is 13.7. The number of hydrogen-bond donors (Lipinski definition) is 1. The third-order valence-electron chi connectivity index (χ3n) is 4.19. The van der Waals surface area contributed by atoms with E-state index in [4.69, 9.17) is 0 Å². The highest BCUT2D eigenvalue weighted by molar-refractivity contribution is 5.63. The van der Waals surface area contributed by atoms with Crippen molar-refractivity contribution in [3.63, 3.8) is 0 Å². The molecule has 0 bridgehead atoms. The number of anilines is 1. The van der Waals surface area contributed by atoms with Gasteiger partial charge in [0.25, 0.3) is 0 Å². The lowest BCUT2D eigenvalue weighted by Gasteiger charge is -2.09. The summed E-state index contributed by atoms with van der Waals surface area (Å²) in [5.41, 5.74) is 1.40. The average Bonchev–Trinajstić information content (AvgIpc) is 3.04. The van der Waals surface area contributed by atoms with Crippen molar-refractivity contribution >= 4 is 5.69 Å². The summed E-state index contributed by atoms with van der Waals surface area (Å²) in [4.78, 5) is 0. The highest BCUT2D eigenvalue weighted by atomic mass is 19.3. The number of allylic oxidation sites excluding steroid dienone is 1. The van der Waals surface area contributed by atoms with Crippen LogP contribution in [0.4, 0.5) is 23.2 Å². The lowest BCUT2D eigenvalue weighted by atomic mass is 10.1. The second-order valence-electron chi connectivity index (χ2n) is 6.00. The van der Waals surface area contributed by atoms with E-state index in [1.165, 1.54) is 28.9 Å². The van der Waals surface area contributed by atoms with E-state index in [0.29, 0.717) is 23.0 Å². The molecule has 7 heteroatoms. The summed E-state index contributed by atoms with van der Waals surface area (Å²) >= 11 is 0. The molecule has 2 aromatic carbocycles. The zero-order valence-electron chi connectivity index (χ0n) is 14.5. The molecule has 0 radical (unpaired) electrons. The first-order chi connectivity index (χ1) is 12.8. The normalized spacial score (nSPS) is 11.4. The van der Waals surface area contributed by atoms with Gasteiger partial charge in [-0.3, -0.25) is 4.68 Å². The van der Waals surface area contributed by atoms with Crippen LogP contribution in [0.15, 0.2) is 61.2 Å². The van der Waals surface area contributed by atoms with E-state index in [0.717, 1.165) is 0 Å². The van der Waals surface area contributed by atoms with Crippen LogP contribution in [0, 0.1) is 11.6 Å².